The Morgan fingerprint density at radius 2 is 2.21 bits per heavy atom. The molecule has 0 spiro atoms. The summed E-state index contributed by atoms with van der Waals surface area (Å²) in [7, 11) is -3.19. The molecule has 6 heteroatoms. The lowest BCUT2D eigenvalue weighted by atomic mass is 10.2. The zero-order valence-corrected chi connectivity index (χ0v) is 13.0. The van der Waals surface area contributed by atoms with Crippen LogP contribution in [0.15, 0.2) is 11.4 Å². The average Bonchev–Trinajstić information content (AvgIpc) is 2.63. The van der Waals surface area contributed by atoms with Crippen molar-refractivity contribution in [1.82, 2.24) is 5.32 Å². The van der Waals surface area contributed by atoms with Crippen molar-refractivity contribution >= 4 is 13.5 Å². The van der Waals surface area contributed by atoms with Gasteiger partial charge in [-0.05, 0) is 40.0 Å². The maximum atomic E-state index is 12.0. The van der Waals surface area contributed by atoms with Crippen molar-refractivity contribution in [2.75, 3.05) is 6.16 Å². The van der Waals surface area contributed by atoms with E-state index in [9.17, 15) is 14.3 Å². The molecule has 1 aliphatic rings. The molecule has 5 nitrogen and oxygen atoms in total. The molecule has 0 aromatic carbocycles. The van der Waals surface area contributed by atoms with Crippen molar-refractivity contribution < 1.29 is 19.0 Å². The molecule has 2 unspecified atom stereocenters. The lowest BCUT2D eigenvalue weighted by molar-refractivity contribution is 0.0514. The van der Waals surface area contributed by atoms with Gasteiger partial charge in [0, 0.05) is 11.5 Å². The number of allylic oxidation sites excluding steroid dienone is 1. The molecule has 0 radical (unpaired) electrons. The zero-order valence-electron chi connectivity index (χ0n) is 12.1. The van der Waals surface area contributed by atoms with E-state index in [2.05, 4.69) is 5.32 Å². The third kappa shape index (κ3) is 5.37. The first-order valence-corrected chi connectivity index (χ1v) is 8.51. The number of carbonyl (C=O) groups excluding carboxylic acids is 1. The molecule has 1 amide bonds. The summed E-state index contributed by atoms with van der Waals surface area (Å²) >= 11 is 0. The Morgan fingerprint density at radius 1 is 1.58 bits per heavy atom. The molecule has 0 saturated heterocycles. The summed E-state index contributed by atoms with van der Waals surface area (Å²) in [5.41, 5.74) is -0.538. The second-order valence-electron chi connectivity index (χ2n) is 5.87. The van der Waals surface area contributed by atoms with Crippen LogP contribution >= 0.6 is 7.37 Å². The number of rotatable bonds is 4. The first-order chi connectivity index (χ1) is 8.64. The molecular weight excluding hydrogens is 265 g/mol. The van der Waals surface area contributed by atoms with Crippen molar-refractivity contribution in [2.24, 2.45) is 0 Å². The van der Waals surface area contributed by atoms with Gasteiger partial charge in [0.1, 0.15) is 5.60 Å². The number of amides is 1. The Balaban J connectivity index is 2.58. The smallest absolute Gasteiger partial charge is 0.408 e. The number of alkyl carbamates (subject to hydrolysis) is 1. The summed E-state index contributed by atoms with van der Waals surface area (Å²) in [4.78, 5) is 21.5. The molecule has 0 bridgehead atoms. The molecule has 2 atom stereocenters. The Hall–Kier alpha value is -0.800. The highest BCUT2D eigenvalue weighted by Crippen LogP contribution is 2.54. The fourth-order valence-electron chi connectivity index (χ4n) is 2.01. The van der Waals surface area contributed by atoms with Gasteiger partial charge in [-0.1, -0.05) is 13.0 Å². The second-order valence-corrected chi connectivity index (χ2v) is 8.30. The lowest BCUT2D eigenvalue weighted by Gasteiger charge is -2.21. The van der Waals surface area contributed by atoms with Crippen LogP contribution in [0.2, 0.25) is 0 Å². The van der Waals surface area contributed by atoms with Crippen LogP contribution in [0.3, 0.4) is 0 Å². The van der Waals surface area contributed by atoms with E-state index in [0.717, 1.165) is 0 Å². The van der Waals surface area contributed by atoms with Gasteiger partial charge in [-0.2, -0.15) is 0 Å². The third-order valence-corrected chi connectivity index (χ3v) is 5.11. The van der Waals surface area contributed by atoms with Gasteiger partial charge in [0.2, 0.25) is 7.37 Å². The van der Waals surface area contributed by atoms with E-state index >= 15 is 0 Å². The van der Waals surface area contributed by atoms with Crippen molar-refractivity contribution in [3.05, 3.63) is 11.4 Å². The summed E-state index contributed by atoms with van der Waals surface area (Å²) in [6, 6.07) is -0.206. The molecule has 0 heterocycles. The van der Waals surface area contributed by atoms with Crippen LogP contribution in [-0.2, 0) is 9.30 Å². The van der Waals surface area contributed by atoms with Crippen LogP contribution in [0.5, 0.6) is 0 Å². The molecule has 2 N–H and O–H groups in total. The maximum Gasteiger partial charge on any atom is 0.408 e. The predicted molar refractivity (Wildman–Crippen MR) is 75.5 cm³/mol. The van der Waals surface area contributed by atoms with Gasteiger partial charge in [-0.3, -0.25) is 4.57 Å². The Morgan fingerprint density at radius 3 is 2.74 bits per heavy atom. The van der Waals surface area contributed by atoms with Crippen molar-refractivity contribution in [3.8, 4) is 0 Å². The molecular formula is C13H24NO4P. The van der Waals surface area contributed by atoms with E-state index in [1.165, 1.54) is 0 Å². The largest absolute Gasteiger partial charge is 0.444 e. The molecule has 0 saturated carbocycles. The monoisotopic (exact) mass is 289 g/mol. The van der Waals surface area contributed by atoms with Gasteiger partial charge in [0.05, 0.1) is 6.04 Å². The van der Waals surface area contributed by atoms with Gasteiger partial charge in [-0.15, -0.1) is 0 Å². The van der Waals surface area contributed by atoms with Gasteiger partial charge >= 0.3 is 6.09 Å². The van der Waals surface area contributed by atoms with Crippen molar-refractivity contribution in [2.45, 2.75) is 58.6 Å². The highest BCUT2D eigenvalue weighted by molar-refractivity contribution is 7.62. The SMILES string of the molecule is CCCP(=O)(O)C1=CC(NC(=O)OC(C)(C)C)CC1. The number of carbonyl (C=O) groups is 1. The first kappa shape index (κ1) is 16.3. The van der Waals surface area contributed by atoms with Crippen LogP contribution in [0.4, 0.5) is 4.79 Å². The average molecular weight is 289 g/mol. The van der Waals surface area contributed by atoms with Crippen LogP contribution in [-0.4, -0.2) is 28.8 Å². The highest BCUT2D eigenvalue weighted by atomic mass is 31.2. The second kappa shape index (κ2) is 6.10. The number of hydrogen-bond donors (Lipinski definition) is 2. The summed E-state index contributed by atoms with van der Waals surface area (Å²) in [6.45, 7) is 7.28. The predicted octanol–water partition coefficient (Wildman–Crippen LogP) is 3.24. The highest BCUT2D eigenvalue weighted by Gasteiger charge is 2.30. The molecule has 0 aromatic rings. The van der Waals surface area contributed by atoms with Crippen molar-refractivity contribution in [3.63, 3.8) is 0 Å². The summed E-state index contributed by atoms with van der Waals surface area (Å²) in [5.74, 6) is 0. The fraction of sp³-hybridized carbons (Fsp3) is 0.769. The Labute approximate surface area is 114 Å². The van der Waals surface area contributed by atoms with Crippen LogP contribution < -0.4 is 5.32 Å². The minimum Gasteiger partial charge on any atom is -0.444 e. The molecule has 0 fully saturated rings. The molecule has 1 rings (SSSR count). The Bertz CT molecular complexity index is 411. The van der Waals surface area contributed by atoms with Gasteiger partial charge in [0.15, 0.2) is 0 Å². The van der Waals surface area contributed by atoms with E-state index < -0.39 is 19.1 Å². The molecule has 0 aliphatic heterocycles. The zero-order chi connectivity index (χ0) is 14.7. The van der Waals surface area contributed by atoms with Crippen LogP contribution in [0.25, 0.3) is 0 Å². The number of nitrogens with one attached hydrogen (secondary N) is 1. The van der Waals surface area contributed by atoms with E-state index in [-0.39, 0.29) is 6.04 Å². The van der Waals surface area contributed by atoms with Gasteiger partial charge in [0.25, 0.3) is 0 Å². The lowest BCUT2D eigenvalue weighted by Crippen LogP contribution is -2.37. The minimum atomic E-state index is -3.19. The van der Waals surface area contributed by atoms with Gasteiger partial charge < -0.3 is 14.9 Å². The molecule has 19 heavy (non-hydrogen) atoms. The van der Waals surface area contributed by atoms with E-state index in [1.54, 1.807) is 26.8 Å². The molecule has 110 valence electrons. The minimum absolute atomic E-state index is 0.206. The summed E-state index contributed by atoms with van der Waals surface area (Å²) in [6.07, 6.45) is 3.42. The molecule has 0 aromatic heterocycles. The third-order valence-electron chi connectivity index (χ3n) is 2.78. The van der Waals surface area contributed by atoms with Crippen LogP contribution in [0, 0.1) is 0 Å². The summed E-state index contributed by atoms with van der Waals surface area (Å²) in [5, 5.41) is 3.29. The van der Waals surface area contributed by atoms with E-state index in [0.29, 0.717) is 30.7 Å². The maximum absolute atomic E-state index is 12.0. The summed E-state index contributed by atoms with van der Waals surface area (Å²) < 4.78 is 17.2. The topological polar surface area (TPSA) is 75.6 Å². The van der Waals surface area contributed by atoms with E-state index in [4.69, 9.17) is 4.74 Å². The number of ether oxygens (including phenoxy) is 1. The first-order valence-electron chi connectivity index (χ1n) is 6.66. The van der Waals surface area contributed by atoms with Crippen LogP contribution in [0.1, 0.15) is 47.0 Å². The van der Waals surface area contributed by atoms with Gasteiger partial charge in [-0.25, -0.2) is 4.79 Å². The number of hydrogen-bond acceptors (Lipinski definition) is 3. The van der Waals surface area contributed by atoms with E-state index in [1.807, 2.05) is 6.92 Å². The van der Waals surface area contributed by atoms with Crippen molar-refractivity contribution in [1.29, 1.82) is 0 Å². The fourth-order valence-corrected chi connectivity index (χ4v) is 3.80. The Kier molecular flexibility index (Phi) is 5.22. The normalized spacial score (nSPS) is 22.6. The standard InChI is InChI=1S/C13H24NO4P/c1-5-8-19(16,17)11-7-6-10(9-11)14-12(15)18-13(2,3)4/h9-10H,5-8H2,1-4H3,(H,14,15)(H,16,17). The molecule has 1 aliphatic carbocycles. The quantitative estimate of drug-likeness (QED) is 0.779.